The molecule has 0 spiro atoms. The van der Waals surface area contributed by atoms with E-state index in [0.717, 1.165) is 12.8 Å². The normalized spacial score (nSPS) is 18.0. The van der Waals surface area contributed by atoms with Crippen LogP contribution >= 0.6 is 0 Å². The third kappa shape index (κ3) is 3.84. The van der Waals surface area contributed by atoms with Crippen molar-refractivity contribution in [2.24, 2.45) is 0 Å². The lowest BCUT2D eigenvalue weighted by molar-refractivity contribution is -0.124. The van der Waals surface area contributed by atoms with Crippen LogP contribution in [-0.4, -0.2) is 44.5 Å². The fourth-order valence-electron chi connectivity index (χ4n) is 3.93. The number of likely N-dealkylation sites (N-methyl/N-ethyl adjacent to an activating group) is 1. The number of carbonyl (C=O) groups excluding carboxylic acids is 2. The number of amides is 2. The van der Waals surface area contributed by atoms with Gasteiger partial charge in [-0.1, -0.05) is 31.5 Å². The summed E-state index contributed by atoms with van der Waals surface area (Å²) in [5, 5.41) is 2.94. The van der Waals surface area contributed by atoms with Crippen LogP contribution in [0, 0.1) is 5.82 Å². The zero-order valence-electron chi connectivity index (χ0n) is 17.7. The van der Waals surface area contributed by atoms with Crippen molar-refractivity contribution in [3.05, 3.63) is 58.9 Å². The first-order valence-electron chi connectivity index (χ1n) is 9.99. The maximum absolute atomic E-state index is 14.7. The van der Waals surface area contributed by atoms with Gasteiger partial charge in [0.2, 0.25) is 5.91 Å². The predicted molar refractivity (Wildman–Crippen MR) is 111 cm³/mol. The number of ether oxygens (including phenoxy) is 2. The Bertz CT molecular complexity index is 947. The molecule has 0 bridgehead atoms. The molecule has 1 N–H and O–H groups in total. The number of unbranched alkanes of at least 4 members (excludes halogenated alkanes) is 1. The minimum absolute atomic E-state index is 0.260. The molecule has 30 heavy (non-hydrogen) atoms. The van der Waals surface area contributed by atoms with E-state index in [-0.39, 0.29) is 11.8 Å². The molecule has 0 aliphatic carbocycles. The van der Waals surface area contributed by atoms with Gasteiger partial charge >= 0.3 is 0 Å². The highest BCUT2D eigenvalue weighted by molar-refractivity contribution is 6.02. The van der Waals surface area contributed by atoms with Crippen LogP contribution in [0.15, 0.2) is 36.4 Å². The van der Waals surface area contributed by atoms with E-state index in [4.69, 9.17) is 9.47 Å². The number of rotatable bonds is 7. The van der Waals surface area contributed by atoms with Gasteiger partial charge in [0.25, 0.3) is 5.91 Å². The molecular formula is C23H27FN2O4. The Kier molecular flexibility index (Phi) is 6.59. The first-order valence-corrected chi connectivity index (χ1v) is 9.99. The van der Waals surface area contributed by atoms with Crippen molar-refractivity contribution >= 4 is 11.8 Å². The first-order chi connectivity index (χ1) is 14.4. The van der Waals surface area contributed by atoms with Crippen molar-refractivity contribution in [2.45, 2.75) is 31.7 Å². The molecule has 2 aromatic rings. The van der Waals surface area contributed by atoms with Crippen LogP contribution in [0.2, 0.25) is 0 Å². The number of carbonyl (C=O) groups is 2. The van der Waals surface area contributed by atoms with E-state index in [1.807, 2.05) is 6.92 Å². The van der Waals surface area contributed by atoms with Crippen LogP contribution in [0.25, 0.3) is 0 Å². The number of hydrogen-bond donors (Lipinski definition) is 1. The summed E-state index contributed by atoms with van der Waals surface area (Å²) in [7, 11) is 4.56. The molecule has 0 radical (unpaired) electrons. The Labute approximate surface area is 176 Å². The van der Waals surface area contributed by atoms with Crippen LogP contribution in [0.1, 0.15) is 53.2 Å². The monoisotopic (exact) mass is 414 g/mol. The molecule has 2 unspecified atom stereocenters. The minimum atomic E-state index is -0.795. The number of hydrogen-bond acceptors (Lipinski definition) is 4. The Morgan fingerprint density at radius 1 is 1.13 bits per heavy atom. The van der Waals surface area contributed by atoms with E-state index in [9.17, 15) is 14.0 Å². The van der Waals surface area contributed by atoms with Gasteiger partial charge in [0.05, 0.1) is 26.2 Å². The average Bonchev–Trinajstić information content (AvgIpc) is 2.75. The number of nitrogens with zero attached hydrogens (tertiary/aromatic N) is 1. The topological polar surface area (TPSA) is 67.9 Å². The Morgan fingerprint density at radius 2 is 1.80 bits per heavy atom. The zero-order valence-corrected chi connectivity index (χ0v) is 17.7. The third-order valence-corrected chi connectivity index (χ3v) is 5.51. The zero-order chi connectivity index (χ0) is 21.8. The second-order valence-electron chi connectivity index (χ2n) is 7.30. The molecule has 0 saturated heterocycles. The fraction of sp³-hybridized carbons (Fsp3) is 0.391. The quantitative estimate of drug-likeness (QED) is 0.702. The standard InChI is InChI=1S/C23H27FN2O4/c1-5-6-11-25-22(27)20-15-12-18(29-3)19(30-4)13-16(15)23(28)26(2)21(20)14-9-7-8-10-17(14)24/h7-10,12-13,20-21H,5-6,11H2,1-4H3,(H,25,27). The van der Waals surface area contributed by atoms with Crippen LogP contribution < -0.4 is 14.8 Å². The van der Waals surface area contributed by atoms with Crippen molar-refractivity contribution in [3.8, 4) is 11.5 Å². The van der Waals surface area contributed by atoms with Crippen LogP contribution in [0.5, 0.6) is 11.5 Å². The summed E-state index contributed by atoms with van der Waals surface area (Å²) in [5.41, 5.74) is 1.14. The van der Waals surface area contributed by atoms with E-state index in [1.165, 1.54) is 25.2 Å². The number of fused-ring (bicyclic) bond motifs is 1. The Hall–Kier alpha value is -3.09. The van der Waals surface area contributed by atoms with Crippen molar-refractivity contribution in [2.75, 3.05) is 27.8 Å². The minimum Gasteiger partial charge on any atom is -0.493 e. The van der Waals surface area contributed by atoms with Gasteiger partial charge < -0.3 is 19.7 Å². The number of benzene rings is 2. The van der Waals surface area contributed by atoms with E-state index >= 15 is 0 Å². The predicted octanol–water partition coefficient (Wildman–Crippen LogP) is 3.67. The highest BCUT2D eigenvalue weighted by atomic mass is 19.1. The van der Waals surface area contributed by atoms with Gasteiger partial charge in [0.1, 0.15) is 5.82 Å². The highest BCUT2D eigenvalue weighted by Gasteiger charge is 2.44. The summed E-state index contributed by atoms with van der Waals surface area (Å²) in [4.78, 5) is 27.9. The van der Waals surface area contributed by atoms with Gasteiger partial charge in [0, 0.05) is 24.7 Å². The molecule has 6 nitrogen and oxygen atoms in total. The molecule has 1 aliphatic heterocycles. The molecule has 1 heterocycles. The lowest BCUT2D eigenvalue weighted by Gasteiger charge is -2.40. The third-order valence-electron chi connectivity index (χ3n) is 5.51. The molecule has 3 rings (SSSR count). The molecule has 0 fully saturated rings. The molecule has 1 aliphatic rings. The fourth-order valence-corrected chi connectivity index (χ4v) is 3.93. The van der Waals surface area contributed by atoms with E-state index < -0.39 is 17.8 Å². The van der Waals surface area contributed by atoms with Gasteiger partial charge in [0.15, 0.2) is 11.5 Å². The maximum Gasteiger partial charge on any atom is 0.254 e. The van der Waals surface area contributed by atoms with Crippen LogP contribution in [-0.2, 0) is 4.79 Å². The number of methoxy groups -OCH3 is 2. The van der Waals surface area contributed by atoms with Crippen molar-refractivity contribution in [3.63, 3.8) is 0 Å². The van der Waals surface area contributed by atoms with Crippen molar-refractivity contribution in [1.29, 1.82) is 0 Å². The molecular weight excluding hydrogens is 387 g/mol. The van der Waals surface area contributed by atoms with Gasteiger partial charge in [-0.05, 0) is 30.2 Å². The van der Waals surface area contributed by atoms with E-state index in [0.29, 0.717) is 34.7 Å². The van der Waals surface area contributed by atoms with Crippen molar-refractivity contribution < 1.29 is 23.5 Å². The summed E-state index contributed by atoms with van der Waals surface area (Å²) < 4.78 is 25.5. The molecule has 2 atom stereocenters. The highest BCUT2D eigenvalue weighted by Crippen LogP contribution is 2.46. The molecule has 7 heteroatoms. The van der Waals surface area contributed by atoms with Gasteiger partial charge in [-0.3, -0.25) is 9.59 Å². The lowest BCUT2D eigenvalue weighted by atomic mass is 9.79. The Balaban J connectivity index is 2.19. The number of nitrogens with one attached hydrogen (secondary N) is 1. The lowest BCUT2D eigenvalue weighted by Crippen LogP contribution is -2.46. The smallest absolute Gasteiger partial charge is 0.254 e. The van der Waals surface area contributed by atoms with Crippen LogP contribution in [0.3, 0.4) is 0 Å². The van der Waals surface area contributed by atoms with Gasteiger partial charge in [-0.25, -0.2) is 4.39 Å². The molecule has 0 saturated carbocycles. The van der Waals surface area contributed by atoms with Gasteiger partial charge in [-0.15, -0.1) is 0 Å². The largest absolute Gasteiger partial charge is 0.493 e. The summed E-state index contributed by atoms with van der Waals surface area (Å²) >= 11 is 0. The van der Waals surface area contributed by atoms with Gasteiger partial charge in [-0.2, -0.15) is 0 Å². The summed E-state index contributed by atoms with van der Waals surface area (Å²) in [5.74, 6) is -1.02. The molecule has 0 aromatic heterocycles. The summed E-state index contributed by atoms with van der Waals surface area (Å²) in [6.07, 6.45) is 1.76. The Morgan fingerprint density at radius 3 is 2.43 bits per heavy atom. The average molecular weight is 414 g/mol. The molecule has 2 amide bonds. The van der Waals surface area contributed by atoms with Crippen LogP contribution in [0.4, 0.5) is 4.39 Å². The van der Waals surface area contributed by atoms with E-state index in [1.54, 1.807) is 37.4 Å². The van der Waals surface area contributed by atoms with Crippen molar-refractivity contribution in [1.82, 2.24) is 10.2 Å². The van der Waals surface area contributed by atoms with E-state index in [2.05, 4.69) is 5.32 Å². The molecule has 2 aromatic carbocycles. The maximum atomic E-state index is 14.7. The molecule has 160 valence electrons. The second kappa shape index (κ2) is 9.15. The second-order valence-corrected chi connectivity index (χ2v) is 7.30. The summed E-state index contributed by atoms with van der Waals surface area (Å²) in [6.45, 7) is 2.55. The number of halogens is 1. The summed E-state index contributed by atoms with van der Waals surface area (Å²) in [6, 6.07) is 8.68. The first kappa shape index (κ1) is 21.6. The SMILES string of the molecule is CCCCNC(=O)C1c2cc(OC)c(OC)cc2C(=O)N(C)C1c1ccccc1F.